The van der Waals surface area contributed by atoms with Gasteiger partial charge >= 0.3 is 0 Å². The average Bonchev–Trinajstić information content (AvgIpc) is 1.86. The van der Waals surface area contributed by atoms with E-state index in [1.165, 1.54) is 0 Å². The highest BCUT2D eigenvalue weighted by Gasteiger charge is 2.24. The van der Waals surface area contributed by atoms with E-state index in [0.29, 0.717) is 11.6 Å². The Morgan fingerprint density at radius 3 is 2.22 bits per heavy atom. The summed E-state index contributed by atoms with van der Waals surface area (Å²) in [4.78, 5) is 20.6. The Hall–Kier alpha value is -0.180. The fraction of sp³-hybridized carbons (Fsp3) is 0.667. The molecule has 0 aromatic rings. The number of Topliss-reactive ketones (excluding diaryl/α,β-unsaturated/α-hetero) is 1. The average molecular weight is 193 g/mol. The summed E-state index contributed by atoms with van der Waals surface area (Å²) in [6, 6.07) is 0. The van der Waals surface area contributed by atoms with E-state index in [2.05, 4.69) is 15.9 Å². The molecule has 0 aromatic heterocycles. The van der Waals surface area contributed by atoms with E-state index >= 15 is 0 Å². The standard InChI is InChI=1S/C6H9BrO2/c1-6(2,4-7)5(9)3-8/h3H,4H2,1-2H3. The minimum absolute atomic E-state index is 0.362. The number of carbonyl (C=O) groups is 2. The first kappa shape index (κ1) is 8.82. The summed E-state index contributed by atoms with van der Waals surface area (Å²) in [5.74, 6) is -0.362. The highest BCUT2D eigenvalue weighted by molar-refractivity contribution is 9.09. The number of hydrogen-bond donors (Lipinski definition) is 0. The fourth-order valence-electron chi connectivity index (χ4n) is 0.225. The molecule has 0 bridgehead atoms. The molecule has 0 N–H and O–H groups in total. The first-order valence-corrected chi connectivity index (χ1v) is 3.72. The molecule has 0 saturated carbocycles. The van der Waals surface area contributed by atoms with Gasteiger partial charge in [0.2, 0.25) is 5.78 Å². The molecule has 0 amide bonds. The van der Waals surface area contributed by atoms with Gasteiger partial charge in [-0.25, -0.2) is 0 Å². The zero-order valence-corrected chi connectivity index (χ0v) is 7.06. The van der Waals surface area contributed by atoms with Gasteiger partial charge in [0, 0.05) is 10.7 Å². The molecule has 3 heteroatoms. The minimum atomic E-state index is -0.540. The highest BCUT2D eigenvalue weighted by Crippen LogP contribution is 2.17. The van der Waals surface area contributed by atoms with E-state index in [1.54, 1.807) is 13.8 Å². The third-order valence-electron chi connectivity index (χ3n) is 1.11. The van der Waals surface area contributed by atoms with Crippen molar-refractivity contribution in [2.75, 3.05) is 5.33 Å². The van der Waals surface area contributed by atoms with E-state index < -0.39 is 5.41 Å². The van der Waals surface area contributed by atoms with Crippen molar-refractivity contribution < 1.29 is 9.59 Å². The summed E-state index contributed by atoms with van der Waals surface area (Å²) in [6.45, 7) is 3.44. The SMILES string of the molecule is CC(C)(CBr)C(=O)C=O. The number of hydrogen-bond acceptors (Lipinski definition) is 2. The van der Waals surface area contributed by atoms with Crippen molar-refractivity contribution in [3.8, 4) is 0 Å². The summed E-state index contributed by atoms with van der Waals surface area (Å²) in [7, 11) is 0. The number of alkyl halides is 1. The first-order valence-electron chi connectivity index (χ1n) is 2.60. The van der Waals surface area contributed by atoms with Crippen LogP contribution >= 0.6 is 15.9 Å². The molecule has 0 aliphatic carbocycles. The second-order valence-corrected chi connectivity index (χ2v) is 3.06. The molecule has 0 rings (SSSR count). The molecule has 0 aliphatic heterocycles. The van der Waals surface area contributed by atoms with Crippen molar-refractivity contribution in [2.45, 2.75) is 13.8 Å². The van der Waals surface area contributed by atoms with Crippen molar-refractivity contribution in [1.29, 1.82) is 0 Å². The van der Waals surface area contributed by atoms with Gasteiger partial charge in [-0.1, -0.05) is 29.8 Å². The maximum atomic E-state index is 10.7. The molecule has 0 atom stereocenters. The second-order valence-electron chi connectivity index (χ2n) is 2.50. The van der Waals surface area contributed by atoms with Gasteiger partial charge in [0.05, 0.1) is 0 Å². The lowest BCUT2D eigenvalue weighted by atomic mass is 9.92. The molecular formula is C6H9BrO2. The monoisotopic (exact) mass is 192 g/mol. The normalized spacial score (nSPS) is 11.0. The van der Waals surface area contributed by atoms with E-state index in [9.17, 15) is 9.59 Å². The Kier molecular flexibility index (Phi) is 3.04. The highest BCUT2D eigenvalue weighted by atomic mass is 79.9. The molecule has 0 heterocycles. The van der Waals surface area contributed by atoms with Gasteiger partial charge in [0.25, 0.3) is 0 Å². The van der Waals surface area contributed by atoms with E-state index in [4.69, 9.17) is 0 Å². The Morgan fingerprint density at radius 1 is 1.67 bits per heavy atom. The summed E-state index contributed by atoms with van der Waals surface area (Å²) >= 11 is 3.13. The van der Waals surface area contributed by atoms with Gasteiger partial charge in [-0.15, -0.1) is 0 Å². The molecule has 0 aromatic carbocycles. The maximum Gasteiger partial charge on any atom is 0.201 e. The Bertz CT molecular complexity index is 129. The second kappa shape index (κ2) is 3.11. The van der Waals surface area contributed by atoms with Crippen molar-refractivity contribution in [2.24, 2.45) is 5.41 Å². The quantitative estimate of drug-likeness (QED) is 0.383. The number of halogens is 1. The van der Waals surface area contributed by atoms with Gasteiger partial charge in [-0.3, -0.25) is 9.59 Å². The molecule has 9 heavy (non-hydrogen) atoms. The number of carbonyl (C=O) groups excluding carboxylic acids is 2. The summed E-state index contributed by atoms with van der Waals surface area (Å²) < 4.78 is 0. The lowest BCUT2D eigenvalue weighted by Gasteiger charge is -2.14. The van der Waals surface area contributed by atoms with Gasteiger partial charge in [-0.2, -0.15) is 0 Å². The van der Waals surface area contributed by atoms with Gasteiger partial charge in [0.1, 0.15) is 0 Å². The van der Waals surface area contributed by atoms with Gasteiger partial charge in [0.15, 0.2) is 6.29 Å². The Balaban J connectivity index is 4.13. The molecule has 0 radical (unpaired) electrons. The Labute approximate surface area is 62.8 Å². The third-order valence-corrected chi connectivity index (χ3v) is 2.51. The largest absolute Gasteiger partial charge is 0.295 e. The fourth-order valence-corrected chi connectivity index (χ4v) is 0.502. The number of aldehydes is 1. The summed E-state index contributed by atoms with van der Waals surface area (Å²) in [6.07, 6.45) is 0.362. The lowest BCUT2D eigenvalue weighted by Crippen LogP contribution is -2.26. The van der Waals surface area contributed by atoms with Crippen LogP contribution in [0.25, 0.3) is 0 Å². The van der Waals surface area contributed by atoms with E-state index in [0.717, 1.165) is 0 Å². The van der Waals surface area contributed by atoms with Crippen LogP contribution in [0.2, 0.25) is 0 Å². The van der Waals surface area contributed by atoms with Crippen molar-refractivity contribution in [1.82, 2.24) is 0 Å². The van der Waals surface area contributed by atoms with Crippen molar-refractivity contribution in [3.05, 3.63) is 0 Å². The number of ketones is 1. The summed E-state index contributed by atoms with van der Waals surface area (Å²) in [5.41, 5.74) is -0.540. The van der Waals surface area contributed by atoms with Crippen LogP contribution in [0, 0.1) is 5.41 Å². The molecule has 2 nitrogen and oxygen atoms in total. The number of rotatable bonds is 3. The van der Waals surface area contributed by atoms with Gasteiger partial charge < -0.3 is 0 Å². The van der Waals surface area contributed by atoms with Gasteiger partial charge in [-0.05, 0) is 0 Å². The van der Waals surface area contributed by atoms with Crippen LogP contribution in [0.4, 0.5) is 0 Å². The van der Waals surface area contributed by atoms with Crippen LogP contribution in [-0.2, 0) is 9.59 Å². The van der Waals surface area contributed by atoms with Crippen molar-refractivity contribution in [3.63, 3.8) is 0 Å². The van der Waals surface area contributed by atoms with Crippen LogP contribution in [0.3, 0.4) is 0 Å². The molecule has 0 fully saturated rings. The molecule has 0 saturated heterocycles. The topological polar surface area (TPSA) is 34.1 Å². The van der Waals surface area contributed by atoms with Crippen LogP contribution < -0.4 is 0 Å². The van der Waals surface area contributed by atoms with Crippen LogP contribution in [0.1, 0.15) is 13.8 Å². The minimum Gasteiger partial charge on any atom is -0.295 e. The Morgan fingerprint density at radius 2 is 2.11 bits per heavy atom. The first-order chi connectivity index (χ1) is 4.04. The van der Waals surface area contributed by atoms with Crippen LogP contribution in [-0.4, -0.2) is 17.4 Å². The summed E-state index contributed by atoms with van der Waals surface area (Å²) in [5, 5.41) is 0.525. The van der Waals surface area contributed by atoms with Crippen LogP contribution in [0.15, 0.2) is 0 Å². The zero-order valence-electron chi connectivity index (χ0n) is 5.48. The van der Waals surface area contributed by atoms with E-state index in [1.807, 2.05) is 0 Å². The molecule has 52 valence electrons. The van der Waals surface area contributed by atoms with Crippen molar-refractivity contribution >= 4 is 28.0 Å². The molecule has 0 spiro atoms. The molecule has 0 unspecified atom stereocenters. The smallest absolute Gasteiger partial charge is 0.201 e. The maximum absolute atomic E-state index is 10.7. The predicted molar refractivity (Wildman–Crippen MR) is 38.6 cm³/mol. The predicted octanol–water partition coefficient (Wildman–Crippen LogP) is 1.18. The zero-order chi connectivity index (χ0) is 7.49. The van der Waals surface area contributed by atoms with E-state index in [-0.39, 0.29) is 5.78 Å². The molecule has 0 aliphatic rings. The third kappa shape index (κ3) is 2.26. The molecular weight excluding hydrogens is 184 g/mol. The van der Waals surface area contributed by atoms with Crippen LogP contribution in [0.5, 0.6) is 0 Å². The lowest BCUT2D eigenvalue weighted by molar-refractivity contribution is -0.134.